The molecule has 16 heavy (non-hydrogen) atoms. The highest BCUT2D eigenvalue weighted by Gasteiger charge is 2.08. The minimum atomic E-state index is -1.00. The number of aromatic nitrogens is 1. The third-order valence-corrected chi connectivity index (χ3v) is 1.91. The summed E-state index contributed by atoms with van der Waals surface area (Å²) < 4.78 is 10.1. The third-order valence-electron chi connectivity index (χ3n) is 1.91. The number of aliphatic carboxylic acids is 1. The van der Waals surface area contributed by atoms with Crippen LogP contribution >= 0.6 is 0 Å². The van der Waals surface area contributed by atoms with E-state index in [0.29, 0.717) is 5.69 Å². The van der Waals surface area contributed by atoms with Crippen molar-refractivity contribution in [3.05, 3.63) is 35.7 Å². The molecule has 0 saturated carbocycles. The van der Waals surface area contributed by atoms with E-state index in [9.17, 15) is 4.79 Å². The van der Waals surface area contributed by atoms with Gasteiger partial charge in [0.1, 0.15) is 0 Å². The summed E-state index contributed by atoms with van der Waals surface area (Å²) in [5, 5.41) is 8.44. The highest BCUT2D eigenvalue weighted by Crippen LogP contribution is 2.16. The first-order chi connectivity index (χ1) is 7.67. The van der Waals surface area contributed by atoms with Gasteiger partial charge >= 0.3 is 5.97 Å². The summed E-state index contributed by atoms with van der Waals surface area (Å²) in [6, 6.07) is 3.46. The number of rotatable bonds is 5. The number of methoxy groups -OCH3 is 2. The van der Waals surface area contributed by atoms with Gasteiger partial charge in [0.25, 0.3) is 0 Å². The van der Waals surface area contributed by atoms with Crippen molar-refractivity contribution in [3.63, 3.8) is 0 Å². The van der Waals surface area contributed by atoms with Gasteiger partial charge in [0.2, 0.25) is 0 Å². The zero-order chi connectivity index (χ0) is 12.0. The van der Waals surface area contributed by atoms with Crippen LogP contribution in [0.25, 0.3) is 6.08 Å². The van der Waals surface area contributed by atoms with Crippen LogP contribution in [0.5, 0.6) is 0 Å². The molecule has 0 aromatic carbocycles. The summed E-state index contributed by atoms with van der Waals surface area (Å²) in [7, 11) is 3.07. The Hall–Kier alpha value is -1.72. The number of carboxylic acids is 1. The monoisotopic (exact) mass is 223 g/mol. The largest absolute Gasteiger partial charge is 0.478 e. The van der Waals surface area contributed by atoms with E-state index in [1.807, 2.05) is 0 Å². The molecule has 0 radical (unpaired) electrons. The van der Waals surface area contributed by atoms with Crippen molar-refractivity contribution in [2.75, 3.05) is 14.2 Å². The number of nitrogens with zero attached hydrogens (tertiary/aromatic N) is 1. The molecule has 0 fully saturated rings. The summed E-state index contributed by atoms with van der Waals surface area (Å²) in [6.07, 6.45) is 3.58. The molecule has 1 N–H and O–H groups in total. The quantitative estimate of drug-likeness (QED) is 0.604. The van der Waals surface area contributed by atoms with E-state index in [1.54, 1.807) is 18.3 Å². The van der Waals surface area contributed by atoms with Crippen LogP contribution in [0.3, 0.4) is 0 Å². The Balaban J connectivity index is 2.78. The first kappa shape index (κ1) is 12.4. The van der Waals surface area contributed by atoms with E-state index in [2.05, 4.69) is 4.98 Å². The molecule has 1 rings (SSSR count). The molecule has 0 aliphatic heterocycles. The van der Waals surface area contributed by atoms with Crippen LogP contribution < -0.4 is 0 Å². The molecule has 0 spiro atoms. The van der Waals surface area contributed by atoms with Crippen LogP contribution in [-0.4, -0.2) is 30.3 Å². The Kier molecular flexibility index (Phi) is 4.63. The molecule has 0 unspecified atom stereocenters. The van der Waals surface area contributed by atoms with Gasteiger partial charge in [-0.1, -0.05) is 6.07 Å². The molecular formula is C11H13NO4. The van der Waals surface area contributed by atoms with Crippen LogP contribution in [0.4, 0.5) is 0 Å². The first-order valence-corrected chi connectivity index (χ1v) is 4.60. The van der Waals surface area contributed by atoms with E-state index < -0.39 is 12.3 Å². The minimum Gasteiger partial charge on any atom is -0.478 e. The highest BCUT2D eigenvalue weighted by atomic mass is 16.7. The zero-order valence-electron chi connectivity index (χ0n) is 9.08. The predicted octanol–water partition coefficient (Wildman–Crippen LogP) is 1.47. The van der Waals surface area contributed by atoms with Crippen LogP contribution in [0.1, 0.15) is 17.5 Å². The van der Waals surface area contributed by atoms with Gasteiger partial charge in [0.15, 0.2) is 6.29 Å². The molecule has 5 nitrogen and oxygen atoms in total. The van der Waals surface area contributed by atoms with Crippen molar-refractivity contribution in [2.24, 2.45) is 0 Å². The maximum absolute atomic E-state index is 10.3. The molecule has 0 aliphatic rings. The van der Waals surface area contributed by atoms with Gasteiger partial charge in [-0.2, -0.15) is 0 Å². The first-order valence-electron chi connectivity index (χ1n) is 4.60. The Bertz CT molecular complexity index is 368. The lowest BCUT2D eigenvalue weighted by Gasteiger charge is -2.12. The molecule has 0 aliphatic carbocycles. The van der Waals surface area contributed by atoms with E-state index in [4.69, 9.17) is 14.6 Å². The Labute approximate surface area is 93.3 Å². The molecule has 1 aromatic heterocycles. The van der Waals surface area contributed by atoms with E-state index >= 15 is 0 Å². The molecule has 86 valence electrons. The lowest BCUT2D eigenvalue weighted by molar-refractivity contribution is -0.131. The Morgan fingerprint density at radius 3 is 2.56 bits per heavy atom. The van der Waals surface area contributed by atoms with Gasteiger partial charge in [0.05, 0.1) is 5.69 Å². The Morgan fingerprint density at radius 1 is 1.44 bits per heavy atom. The van der Waals surface area contributed by atoms with E-state index in [1.165, 1.54) is 20.3 Å². The minimum absolute atomic E-state index is 0.454. The smallest absolute Gasteiger partial charge is 0.328 e. The van der Waals surface area contributed by atoms with Gasteiger partial charge in [-0.25, -0.2) is 4.79 Å². The highest BCUT2D eigenvalue weighted by molar-refractivity contribution is 5.84. The van der Waals surface area contributed by atoms with Crippen molar-refractivity contribution >= 4 is 12.0 Å². The van der Waals surface area contributed by atoms with E-state index in [0.717, 1.165) is 11.6 Å². The van der Waals surface area contributed by atoms with Crippen LogP contribution in [0.2, 0.25) is 0 Å². The summed E-state index contributed by atoms with van der Waals surface area (Å²) >= 11 is 0. The maximum Gasteiger partial charge on any atom is 0.328 e. The molecule has 0 bridgehead atoms. The second-order valence-electron chi connectivity index (χ2n) is 2.99. The van der Waals surface area contributed by atoms with Crippen molar-refractivity contribution < 1.29 is 19.4 Å². The number of pyridine rings is 1. The molecular weight excluding hydrogens is 210 g/mol. The maximum atomic E-state index is 10.3. The van der Waals surface area contributed by atoms with Crippen molar-refractivity contribution in [1.82, 2.24) is 4.98 Å². The molecule has 1 heterocycles. The van der Waals surface area contributed by atoms with Crippen LogP contribution in [0.15, 0.2) is 24.4 Å². The number of hydrogen-bond acceptors (Lipinski definition) is 4. The molecule has 1 aromatic rings. The fraction of sp³-hybridized carbons (Fsp3) is 0.273. The fourth-order valence-corrected chi connectivity index (χ4v) is 1.18. The van der Waals surface area contributed by atoms with Gasteiger partial charge in [-0.15, -0.1) is 0 Å². The number of hydrogen-bond donors (Lipinski definition) is 1. The summed E-state index contributed by atoms with van der Waals surface area (Å²) in [5.74, 6) is -1.00. The number of carboxylic acid groups (broad SMARTS) is 1. The average Bonchev–Trinajstić information content (AvgIpc) is 2.29. The van der Waals surface area contributed by atoms with Gasteiger partial charge in [0, 0.05) is 32.1 Å². The third kappa shape index (κ3) is 3.45. The normalized spacial score (nSPS) is 11.2. The van der Waals surface area contributed by atoms with Crippen molar-refractivity contribution in [2.45, 2.75) is 6.29 Å². The van der Waals surface area contributed by atoms with Gasteiger partial charge in [-0.05, 0) is 12.1 Å². The summed E-state index contributed by atoms with van der Waals surface area (Å²) in [4.78, 5) is 14.3. The molecule has 0 amide bonds. The predicted molar refractivity (Wildman–Crippen MR) is 57.7 cm³/mol. The van der Waals surface area contributed by atoms with Crippen molar-refractivity contribution in [1.29, 1.82) is 0 Å². The standard InChI is InChI=1S/C11H13NO4/c1-15-11(16-2)8-3-4-9(12-7-8)5-6-10(13)14/h3-7,11H,1-2H3,(H,13,14)/b6-5+. The van der Waals surface area contributed by atoms with E-state index in [-0.39, 0.29) is 0 Å². The zero-order valence-corrected chi connectivity index (χ0v) is 9.08. The van der Waals surface area contributed by atoms with Gasteiger partial charge in [-0.3, -0.25) is 4.98 Å². The number of carbonyl (C=O) groups is 1. The topological polar surface area (TPSA) is 68.7 Å². The van der Waals surface area contributed by atoms with Crippen LogP contribution in [-0.2, 0) is 14.3 Å². The lowest BCUT2D eigenvalue weighted by Crippen LogP contribution is -2.04. The summed E-state index contributed by atoms with van der Waals surface area (Å²) in [5.41, 5.74) is 1.34. The SMILES string of the molecule is COC(OC)c1ccc(/C=C/C(=O)O)nc1. The van der Waals surface area contributed by atoms with Crippen LogP contribution in [0, 0.1) is 0 Å². The molecule has 0 saturated heterocycles. The second-order valence-corrected chi connectivity index (χ2v) is 2.99. The number of ether oxygens (including phenoxy) is 2. The van der Waals surface area contributed by atoms with Gasteiger partial charge < -0.3 is 14.6 Å². The molecule has 0 atom stereocenters. The average molecular weight is 223 g/mol. The summed E-state index contributed by atoms with van der Waals surface area (Å²) in [6.45, 7) is 0. The van der Waals surface area contributed by atoms with Crippen molar-refractivity contribution in [3.8, 4) is 0 Å². The lowest BCUT2D eigenvalue weighted by atomic mass is 10.2. The Morgan fingerprint density at radius 2 is 2.12 bits per heavy atom. The fourth-order valence-electron chi connectivity index (χ4n) is 1.18. The molecule has 5 heteroatoms. The second kappa shape index (κ2) is 5.99.